The average Bonchev–Trinajstić information content (AvgIpc) is 2.77. The number of rotatable bonds is 9. The van der Waals surface area contributed by atoms with Crippen LogP contribution in [0.4, 0.5) is 5.69 Å². The van der Waals surface area contributed by atoms with Gasteiger partial charge in [-0.05, 0) is 42.7 Å². The summed E-state index contributed by atoms with van der Waals surface area (Å²) in [5, 5.41) is 3.62. The maximum absolute atomic E-state index is 13.0. The highest BCUT2D eigenvalue weighted by Crippen LogP contribution is 2.32. The molecule has 0 spiro atoms. The summed E-state index contributed by atoms with van der Waals surface area (Å²) in [7, 11) is 3.26. The van der Waals surface area contributed by atoms with E-state index >= 15 is 0 Å². The maximum Gasteiger partial charge on any atom is 0.258 e. The number of benzene rings is 1. The van der Waals surface area contributed by atoms with Gasteiger partial charge in [-0.15, -0.1) is 11.8 Å². The molecule has 0 atom stereocenters. The number of nitrogens with zero attached hydrogens (tertiary/aromatic N) is 2. The molecule has 6 nitrogen and oxygen atoms in total. The molecule has 31 heavy (non-hydrogen) atoms. The molecule has 162 valence electrons. The second-order valence-electron chi connectivity index (χ2n) is 7.41. The number of anilines is 1. The highest BCUT2D eigenvalue weighted by Gasteiger charge is 2.16. The third-order valence-electron chi connectivity index (χ3n) is 4.58. The van der Waals surface area contributed by atoms with E-state index in [1.807, 2.05) is 30.3 Å². The molecule has 0 aliphatic heterocycles. The summed E-state index contributed by atoms with van der Waals surface area (Å²) in [6.07, 6.45) is 4.14. The van der Waals surface area contributed by atoms with Gasteiger partial charge in [-0.3, -0.25) is 9.78 Å². The van der Waals surface area contributed by atoms with Crippen LogP contribution in [-0.4, -0.2) is 30.1 Å². The maximum atomic E-state index is 13.0. The van der Waals surface area contributed by atoms with E-state index in [9.17, 15) is 4.79 Å². The Kier molecular flexibility index (Phi) is 7.89. The molecule has 2 heterocycles. The van der Waals surface area contributed by atoms with Crippen molar-refractivity contribution in [2.24, 2.45) is 5.92 Å². The summed E-state index contributed by atoms with van der Waals surface area (Å²) in [6.45, 7) is 4.31. The molecule has 1 N–H and O–H groups in total. The summed E-state index contributed by atoms with van der Waals surface area (Å²) in [5.41, 5.74) is 3.21. The van der Waals surface area contributed by atoms with Gasteiger partial charge in [-0.25, -0.2) is 4.98 Å². The molecule has 7 heteroatoms. The van der Waals surface area contributed by atoms with E-state index < -0.39 is 0 Å². The van der Waals surface area contributed by atoms with Crippen LogP contribution in [0.3, 0.4) is 0 Å². The number of ether oxygens (including phenoxy) is 2. The van der Waals surface area contributed by atoms with Crippen molar-refractivity contribution >= 4 is 23.4 Å². The van der Waals surface area contributed by atoms with Gasteiger partial charge in [0.15, 0.2) is 0 Å². The molecule has 1 amide bonds. The van der Waals surface area contributed by atoms with Gasteiger partial charge in [0, 0.05) is 41.2 Å². The van der Waals surface area contributed by atoms with Gasteiger partial charge in [0.25, 0.3) is 5.91 Å². The van der Waals surface area contributed by atoms with E-state index in [0.29, 0.717) is 27.9 Å². The van der Waals surface area contributed by atoms with E-state index in [1.165, 1.54) is 11.8 Å². The van der Waals surface area contributed by atoms with Crippen LogP contribution in [0.25, 0.3) is 0 Å². The molecule has 3 rings (SSSR count). The molecular weight excluding hydrogens is 410 g/mol. The predicted octanol–water partition coefficient (Wildman–Crippen LogP) is 5.24. The quantitative estimate of drug-likeness (QED) is 0.462. The number of methoxy groups -OCH3 is 2. The number of aromatic nitrogens is 2. The Labute approximate surface area is 187 Å². The highest BCUT2D eigenvalue weighted by molar-refractivity contribution is 7.98. The molecule has 0 fully saturated rings. The summed E-state index contributed by atoms with van der Waals surface area (Å²) in [6, 6.07) is 13.0. The van der Waals surface area contributed by atoms with Crippen LogP contribution in [0, 0.1) is 5.92 Å². The molecule has 1 aromatic carbocycles. The van der Waals surface area contributed by atoms with Crippen LogP contribution >= 0.6 is 11.8 Å². The monoisotopic (exact) mass is 437 g/mol. The smallest absolute Gasteiger partial charge is 0.258 e. The average molecular weight is 438 g/mol. The van der Waals surface area contributed by atoms with Gasteiger partial charge in [-0.2, -0.15) is 0 Å². The third kappa shape index (κ3) is 6.21. The Morgan fingerprint density at radius 1 is 1.06 bits per heavy atom. The van der Waals surface area contributed by atoms with Gasteiger partial charge >= 0.3 is 0 Å². The Morgan fingerprint density at radius 3 is 2.52 bits per heavy atom. The SMILES string of the molecule is COc1ccc(CSc2nc(CC(C)C)ccc2C(=O)Nc2ccncc2)c(OC)c1. The Hall–Kier alpha value is -3.06. The molecular formula is C24H27N3O3S. The van der Waals surface area contributed by atoms with Crippen molar-refractivity contribution < 1.29 is 14.3 Å². The minimum Gasteiger partial charge on any atom is -0.497 e. The van der Waals surface area contributed by atoms with E-state index in [-0.39, 0.29) is 5.91 Å². The van der Waals surface area contributed by atoms with Crippen molar-refractivity contribution in [2.45, 2.75) is 31.0 Å². The molecule has 0 saturated carbocycles. The van der Waals surface area contributed by atoms with E-state index in [1.54, 1.807) is 38.7 Å². The standard InChI is InChI=1S/C24H27N3O3S/c1-16(2)13-19-6-8-21(23(28)26-18-9-11-25-12-10-18)24(27-19)31-15-17-5-7-20(29-3)14-22(17)30-4/h5-12,14,16H,13,15H2,1-4H3,(H,25,26,28). The van der Waals surface area contributed by atoms with Crippen molar-refractivity contribution in [1.29, 1.82) is 0 Å². The number of hydrogen-bond acceptors (Lipinski definition) is 6. The first kappa shape index (κ1) is 22.6. The fourth-order valence-electron chi connectivity index (χ4n) is 3.04. The molecule has 0 unspecified atom stereocenters. The molecule has 3 aromatic rings. The predicted molar refractivity (Wildman–Crippen MR) is 124 cm³/mol. The van der Waals surface area contributed by atoms with Crippen LogP contribution in [0.5, 0.6) is 11.5 Å². The number of carbonyl (C=O) groups is 1. The van der Waals surface area contributed by atoms with Crippen molar-refractivity contribution in [3.63, 3.8) is 0 Å². The molecule has 0 bridgehead atoms. The van der Waals surface area contributed by atoms with Crippen LogP contribution in [-0.2, 0) is 12.2 Å². The molecule has 2 aromatic heterocycles. The zero-order valence-electron chi connectivity index (χ0n) is 18.2. The van der Waals surface area contributed by atoms with Gasteiger partial charge in [0.05, 0.1) is 19.8 Å². The number of carbonyl (C=O) groups excluding carboxylic acids is 1. The molecule has 0 aliphatic rings. The number of amides is 1. The summed E-state index contributed by atoms with van der Waals surface area (Å²) in [5.74, 6) is 2.37. The number of pyridine rings is 2. The topological polar surface area (TPSA) is 73.3 Å². The normalized spacial score (nSPS) is 10.7. The van der Waals surface area contributed by atoms with Crippen LogP contribution in [0.1, 0.15) is 35.5 Å². The van der Waals surface area contributed by atoms with Gasteiger partial charge in [0.2, 0.25) is 0 Å². The van der Waals surface area contributed by atoms with Crippen molar-refractivity contribution in [1.82, 2.24) is 9.97 Å². The molecule has 0 saturated heterocycles. The Balaban J connectivity index is 1.86. The lowest BCUT2D eigenvalue weighted by atomic mass is 10.1. The van der Waals surface area contributed by atoms with E-state index in [2.05, 4.69) is 24.1 Å². The lowest BCUT2D eigenvalue weighted by molar-refractivity contribution is 0.102. The second kappa shape index (κ2) is 10.8. The van der Waals surface area contributed by atoms with Gasteiger partial charge < -0.3 is 14.8 Å². The first-order chi connectivity index (χ1) is 15.0. The van der Waals surface area contributed by atoms with Gasteiger partial charge in [-0.1, -0.05) is 19.9 Å². The number of nitrogens with one attached hydrogen (secondary N) is 1. The minimum absolute atomic E-state index is 0.195. The van der Waals surface area contributed by atoms with Crippen LogP contribution in [0.15, 0.2) is 59.9 Å². The number of thioether (sulfide) groups is 1. The second-order valence-corrected chi connectivity index (χ2v) is 8.37. The number of hydrogen-bond donors (Lipinski definition) is 1. The van der Waals surface area contributed by atoms with Crippen molar-refractivity contribution in [2.75, 3.05) is 19.5 Å². The Bertz CT molecular complexity index is 1030. The molecule has 0 aliphatic carbocycles. The van der Waals surface area contributed by atoms with Crippen molar-refractivity contribution in [3.8, 4) is 11.5 Å². The zero-order valence-corrected chi connectivity index (χ0v) is 19.0. The van der Waals surface area contributed by atoms with E-state index in [4.69, 9.17) is 14.5 Å². The minimum atomic E-state index is -0.195. The summed E-state index contributed by atoms with van der Waals surface area (Å²) in [4.78, 5) is 21.7. The lowest BCUT2D eigenvalue weighted by Crippen LogP contribution is -2.14. The van der Waals surface area contributed by atoms with Crippen LogP contribution in [0.2, 0.25) is 0 Å². The first-order valence-corrected chi connectivity index (χ1v) is 11.0. The summed E-state index contributed by atoms with van der Waals surface area (Å²) >= 11 is 1.52. The fourth-order valence-corrected chi connectivity index (χ4v) is 4.07. The largest absolute Gasteiger partial charge is 0.497 e. The van der Waals surface area contributed by atoms with E-state index in [0.717, 1.165) is 29.2 Å². The zero-order chi connectivity index (χ0) is 22.2. The first-order valence-electron chi connectivity index (χ1n) is 10.0. The van der Waals surface area contributed by atoms with Crippen molar-refractivity contribution in [3.05, 3.63) is 71.7 Å². The lowest BCUT2D eigenvalue weighted by Gasteiger charge is -2.14. The highest BCUT2D eigenvalue weighted by atomic mass is 32.2. The fraction of sp³-hybridized carbons (Fsp3) is 0.292. The Morgan fingerprint density at radius 2 is 1.84 bits per heavy atom. The summed E-state index contributed by atoms with van der Waals surface area (Å²) < 4.78 is 10.8. The van der Waals surface area contributed by atoms with Crippen LogP contribution < -0.4 is 14.8 Å². The molecule has 0 radical (unpaired) electrons. The van der Waals surface area contributed by atoms with Gasteiger partial charge in [0.1, 0.15) is 16.5 Å². The third-order valence-corrected chi connectivity index (χ3v) is 5.62.